The third-order valence-electron chi connectivity index (χ3n) is 2.94. The van der Waals surface area contributed by atoms with E-state index in [4.69, 9.17) is 16.3 Å². The maximum Gasteiger partial charge on any atom is 0.343 e. The maximum absolute atomic E-state index is 13.5. The van der Waals surface area contributed by atoms with E-state index >= 15 is 0 Å². The van der Waals surface area contributed by atoms with Crippen molar-refractivity contribution in [2.75, 3.05) is 6.61 Å². The van der Waals surface area contributed by atoms with Crippen molar-refractivity contribution in [1.29, 1.82) is 0 Å². The second-order valence-corrected chi connectivity index (χ2v) is 4.95. The molecule has 23 heavy (non-hydrogen) atoms. The second-order valence-electron chi connectivity index (χ2n) is 4.54. The fraction of sp³-hybridized carbons (Fsp3) is 0.125. The molecule has 0 heterocycles. The molecule has 0 atom stereocenters. The number of benzene rings is 2. The molecule has 0 bridgehead atoms. The topological polar surface area (TPSA) is 55.4 Å². The first-order valence-corrected chi connectivity index (χ1v) is 6.98. The number of amides is 1. The number of nitrogens with one attached hydrogen (secondary N) is 1. The Kier molecular flexibility index (Phi) is 5.65. The minimum absolute atomic E-state index is 0.0521. The fourth-order valence-corrected chi connectivity index (χ4v) is 2.02. The molecule has 0 unspecified atom stereocenters. The molecule has 0 radical (unpaired) electrons. The van der Waals surface area contributed by atoms with Crippen molar-refractivity contribution in [3.63, 3.8) is 0 Å². The van der Waals surface area contributed by atoms with Crippen LogP contribution in [0.3, 0.4) is 0 Å². The minimum Gasteiger partial charge on any atom is -0.452 e. The summed E-state index contributed by atoms with van der Waals surface area (Å²) >= 11 is 5.72. The van der Waals surface area contributed by atoms with Gasteiger partial charge in [-0.2, -0.15) is 0 Å². The van der Waals surface area contributed by atoms with Crippen molar-refractivity contribution in [2.24, 2.45) is 0 Å². The van der Waals surface area contributed by atoms with Crippen LogP contribution >= 0.6 is 11.6 Å². The molecular weight excluding hydrogens is 328 g/mol. The van der Waals surface area contributed by atoms with Crippen LogP contribution in [-0.2, 0) is 16.1 Å². The van der Waals surface area contributed by atoms with Gasteiger partial charge in [-0.1, -0.05) is 35.9 Å². The van der Waals surface area contributed by atoms with Crippen LogP contribution in [0, 0.1) is 11.6 Å². The highest BCUT2D eigenvalue weighted by molar-refractivity contribution is 6.33. The van der Waals surface area contributed by atoms with E-state index in [2.05, 4.69) is 5.32 Å². The highest BCUT2D eigenvalue weighted by atomic mass is 35.5. The molecule has 2 aromatic rings. The van der Waals surface area contributed by atoms with Gasteiger partial charge in [-0.05, 0) is 18.2 Å². The lowest BCUT2D eigenvalue weighted by Gasteiger charge is -2.08. The number of carbonyl (C=O) groups is 2. The lowest BCUT2D eigenvalue weighted by Crippen LogP contribution is -2.28. The molecule has 0 saturated carbocycles. The van der Waals surface area contributed by atoms with Gasteiger partial charge in [0.05, 0.1) is 5.02 Å². The van der Waals surface area contributed by atoms with E-state index in [0.29, 0.717) is 5.56 Å². The van der Waals surface area contributed by atoms with Crippen LogP contribution < -0.4 is 5.32 Å². The van der Waals surface area contributed by atoms with Gasteiger partial charge in [-0.15, -0.1) is 0 Å². The summed E-state index contributed by atoms with van der Waals surface area (Å²) < 4.78 is 31.6. The molecule has 0 aromatic heterocycles. The molecule has 0 aliphatic heterocycles. The average molecular weight is 340 g/mol. The summed E-state index contributed by atoms with van der Waals surface area (Å²) in [7, 11) is 0. The molecule has 120 valence electrons. The molecule has 2 aromatic carbocycles. The van der Waals surface area contributed by atoms with Crippen LogP contribution in [0.25, 0.3) is 0 Å². The molecule has 0 aliphatic carbocycles. The molecule has 0 spiro atoms. The first kappa shape index (κ1) is 16.9. The summed E-state index contributed by atoms with van der Waals surface area (Å²) in [6, 6.07) is 9.67. The molecule has 0 fully saturated rings. The summed E-state index contributed by atoms with van der Waals surface area (Å²) in [6.07, 6.45) is 0. The van der Waals surface area contributed by atoms with Gasteiger partial charge in [-0.3, -0.25) is 4.79 Å². The van der Waals surface area contributed by atoms with Gasteiger partial charge in [0.15, 0.2) is 6.61 Å². The Labute approximate surface area is 136 Å². The van der Waals surface area contributed by atoms with Crippen LogP contribution in [0.1, 0.15) is 15.9 Å². The molecule has 4 nitrogen and oxygen atoms in total. The normalized spacial score (nSPS) is 10.2. The van der Waals surface area contributed by atoms with E-state index in [1.165, 1.54) is 30.3 Å². The lowest BCUT2D eigenvalue weighted by molar-refractivity contribution is -0.124. The van der Waals surface area contributed by atoms with Crippen LogP contribution in [-0.4, -0.2) is 18.5 Å². The molecule has 7 heteroatoms. The zero-order valence-electron chi connectivity index (χ0n) is 11.8. The van der Waals surface area contributed by atoms with Gasteiger partial charge in [0.25, 0.3) is 5.91 Å². The molecule has 1 amide bonds. The quantitative estimate of drug-likeness (QED) is 0.852. The number of ether oxygens (including phenoxy) is 1. The Bertz CT molecular complexity index is 717. The smallest absolute Gasteiger partial charge is 0.343 e. The number of esters is 1. The standard InChI is InChI=1S/C16H12ClF2NO3/c17-11-5-3-7-13(19)15(11)16(22)23-9-14(21)20-8-10-4-1-2-6-12(10)18/h1-7H,8-9H2,(H,20,21). The number of carbonyl (C=O) groups excluding carboxylic acids is 2. The van der Waals surface area contributed by atoms with Crippen LogP contribution in [0.15, 0.2) is 42.5 Å². The van der Waals surface area contributed by atoms with E-state index in [-0.39, 0.29) is 11.6 Å². The molecular formula is C16H12ClF2NO3. The zero-order chi connectivity index (χ0) is 16.8. The number of halogens is 3. The van der Waals surface area contributed by atoms with Gasteiger partial charge < -0.3 is 10.1 Å². The first-order chi connectivity index (χ1) is 11.0. The van der Waals surface area contributed by atoms with Gasteiger partial charge in [-0.25, -0.2) is 13.6 Å². The number of hydrogen-bond acceptors (Lipinski definition) is 3. The average Bonchev–Trinajstić information content (AvgIpc) is 2.52. The highest BCUT2D eigenvalue weighted by Crippen LogP contribution is 2.19. The van der Waals surface area contributed by atoms with Gasteiger partial charge in [0, 0.05) is 12.1 Å². The Morgan fingerprint density at radius 2 is 1.74 bits per heavy atom. The largest absolute Gasteiger partial charge is 0.452 e. The summed E-state index contributed by atoms with van der Waals surface area (Å²) in [5.41, 5.74) is -0.139. The molecule has 1 N–H and O–H groups in total. The molecule has 2 rings (SSSR count). The second kappa shape index (κ2) is 7.69. The Hall–Kier alpha value is -2.47. The summed E-state index contributed by atoms with van der Waals surface area (Å²) in [5, 5.41) is 2.28. The lowest BCUT2D eigenvalue weighted by atomic mass is 10.2. The first-order valence-electron chi connectivity index (χ1n) is 6.60. The molecule has 0 aliphatic rings. The van der Waals surface area contributed by atoms with Crippen molar-refractivity contribution >= 4 is 23.5 Å². The van der Waals surface area contributed by atoms with Gasteiger partial charge >= 0.3 is 5.97 Å². The monoisotopic (exact) mass is 339 g/mol. The SMILES string of the molecule is O=C(COC(=O)c1c(F)cccc1Cl)NCc1ccccc1F. The summed E-state index contributed by atoms with van der Waals surface area (Å²) in [5.74, 6) is -2.99. The third kappa shape index (κ3) is 4.50. The van der Waals surface area contributed by atoms with Crippen molar-refractivity contribution in [1.82, 2.24) is 5.32 Å². The summed E-state index contributed by atoms with van der Waals surface area (Å²) in [4.78, 5) is 23.3. The van der Waals surface area contributed by atoms with Crippen LogP contribution in [0.2, 0.25) is 5.02 Å². The Balaban J connectivity index is 1.87. The van der Waals surface area contributed by atoms with E-state index in [1.807, 2.05) is 0 Å². The van der Waals surface area contributed by atoms with Crippen LogP contribution in [0.4, 0.5) is 8.78 Å². The fourth-order valence-electron chi connectivity index (χ4n) is 1.78. The minimum atomic E-state index is -1.05. The van der Waals surface area contributed by atoms with E-state index in [0.717, 1.165) is 6.07 Å². The third-order valence-corrected chi connectivity index (χ3v) is 3.25. The summed E-state index contributed by atoms with van der Waals surface area (Å²) in [6.45, 7) is -0.679. The van der Waals surface area contributed by atoms with Crippen LogP contribution in [0.5, 0.6) is 0 Å². The van der Waals surface area contributed by atoms with Gasteiger partial charge in [0.2, 0.25) is 0 Å². The predicted molar refractivity (Wildman–Crippen MR) is 79.9 cm³/mol. The van der Waals surface area contributed by atoms with E-state index in [1.54, 1.807) is 6.07 Å². The van der Waals surface area contributed by atoms with Gasteiger partial charge in [0.1, 0.15) is 17.2 Å². The predicted octanol–water partition coefficient (Wildman–Crippen LogP) is 3.09. The van der Waals surface area contributed by atoms with Crippen molar-refractivity contribution in [3.05, 3.63) is 70.2 Å². The van der Waals surface area contributed by atoms with Crippen molar-refractivity contribution < 1.29 is 23.1 Å². The number of hydrogen-bond donors (Lipinski definition) is 1. The number of rotatable bonds is 5. The zero-order valence-corrected chi connectivity index (χ0v) is 12.6. The molecule has 0 saturated heterocycles. The van der Waals surface area contributed by atoms with Crippen molar-refractivity contribution in [2.45, 2.75) is 6.54 Å². The maximum atomic E-state index is 13.5. The highest BCUT2D eigenvalue weighted by Gasteiger charge is 2.18. The van der Waals surface area contributed by atoms with E-state index in [9.17, 15) is 18.4 Å². The Morgan fingerprint density at radius 1 is 1.04 bits per heavy atom. The van der Waals surface area contributed by atoms with Crippen molar-refractivity contribution in [3.8, 4) is 0 Å². The Morgan fingerprint density at radius 3 is 2.43 bits per heavy atom. The van der Waals surface area contributed by atoms with E-state index < -0.39 is 35.7 Å².